The highest BCUT2D eigenvalue weighted by Gasteiger charge is 2.50. The molecule has 3 aliphatic rings. The van der Waals surface area contributed by atoms with Gasteiger partial charge in [-0.15, -0.1) is 0 Å². The molecule has 0 radical (unpaired) electrons. The monoisotopic (exact) mass is 407 g/mol. The third-order valence-corrected chi connectivity index (χ3v) is 6.54. The molecule has 0 spiro atoms. The molecule has 0 unspecified atom stereocenters. The zero-order chi connectivity index (χ0) is 21.0. The van der Waals surface area contributed by atoms with Gasteiger partial charge in [0.1, 0.15) is 0 Å². The fraction of sp³-hybridized carbons (Fsp3) is 0.240. The number of carbonyl (C=O) groups is 1. The second kappa shape index (κ2) is 6.73. The van der Waals surface area contributed by atoms with E-state index in [0.717, 1.165) is 23.3 Å². The van der Waals surface area contributed by atoms with E-state index in [0.29, 0.717) is 0 Å². The highest BCUT2D eigenvalue weighted by molar-refractivity contribution is 5.95. The standard InChI is InChI=1S/C25H20F3NO/c1-14-21-17-9-2-4-11-19(17)23(20-12-5-3-10-18(20)21)22(14)24(30)29-16-8-6-7-15(13-16)25(26,27)28/h2-14,21-23H,1H3,(H,29,30)/t14-,21?,22-,23?/m1/s1. The van der Waals surface area contributed by atoms with E-state index in [-0.39, 0.29) is 35.3 Å². The number of amides is 1. The molecule has 6 rings (SSSR count). The molecule has 0 aromatic heterocycles. The second-order valence-electron chi connectivity index (χ2n) is 8.17. The topological polar surface area (TPSA) is 29.1 Å². The number of fused-ring (bicyclic) bond motifs is 1. The Morgan fingerprint density at radius 1 is 0.800 bits per heavy atom. The fourth-order valence-corrected chi connectivity index (χ4v) is 5.34. The van der Waals surface area contributed by atoms with Crippen molar-refractivity contribution < 1.29 is 18.0 Å². The van der Waals surface area contributed by atoms with Gasteiger partial charge in [0.15, 0.2) is 0 Å². The molecular formula is C25H20F3NO. The summed E-state index contributed by atoms with van der Waals surface area (Å²) in [5.74, 6) is -0.566. The average Bonchev–Trinajstić information content (AvgIpc) is 2.73. The molecule has 3 aromatic rings. The largest absolute Gasteiger partial charge is 0.416 e. The summed E-state index contributed by atoms with van der Waals surface area (Å²) in [5, 5.41) is 2.76. The van der Waals surface area contributed by atoms with Crippen molar-refractivity contribution in [1.29, 1.82) is 0 Å². The summed E-state index contributed by atoms with van der Waals surface area (Å²) in [4.78, 5) is 13.4. The van der Waals surface area contributed by atoms with Gasteiger partial charge in [0.25, 0.3) is 0 Å². The van der Waals surface area contributed by atoms with Crippen LogP contribution in [0.1, 0.15) is 46.6 Å². The number of hydrogen-bond acceptors (Lipinski definition) is 1. The Hall–Kier alpha value is -3.08. The summed E-state index contributed by atoms with van der Waals surface area (Å²) in [6.45, 7) is 2.07. The minimum absolute atomic E-state index is 0.0330. The Labute approximate surface area is 172 Å². The van der Waals surface area contributed by atoms with Crippen LogP contribution >= 0.6 is 0 Å². The van der Waals surface area contributed by atoms with Crippen LogP contribution in [-0.4, -0.2) is 5.91 Å². The van der Waals surface area contributed by atoms with E-state index >= 15 is 0 Å². The van der Waals surface area contributed by atoms with Crippen molar-refractivity contribution in [2.45, 2.75) is 24.9 Å². The molecule has 1 N–H and O–H groups in total. The maximum Gasteiger partial charge on any atom is 0.416 e. The van der Waals surface area contributed by atoms with Crippen molar-refractivity contribution in [2.75, 3.05) is 5.32 Å². The zero-order valence-corrected chi connectivity index (χ0v) is 16.3. The molecule has 152 valence electrons. The highest BCUT2D eigenvalue weighted by Crippen LogP contribution is 2.58. The van der Waals surface area contributed by atoms with Gasteiger partial charge < -0.3 is 5.32 Å². The van der Waals surface area contributed by atoms with E-state index in [4.69, 9.17) is 0 Å². The van der Waals surface area contributed by atoms with Gasteiger partial charge in [-0.1, -0.05) is 61.5 Å². The maximum atomic E-state index is 13.4. The first kappa shape index (κ1) is 18.9. The van der Waals surface area contributed by atoms with Gasteiger partial charge in [0.2, 0.25) is 5.91 Å². The van der Waals surface area contributed by atoms with E-state index in [1.54, 1.807) is 0 Å². The van der Waals surface area contributed by atoms with Gasteiger partial charge in [-0.05, 0) is 46.4 Å². The number of alkyl halides is 3. The van der Waals surface area contributed by atoms with Crippen LogP contribution in [0.2, 0.25) is 0 Å². The molecule has 1 amide bonds. The van der Waals surface area contributed by atoms with Gasteiger partial charge in [-0.3, -0.25) is 4.79 Å². The summed E-state index contributed by atoms with van der Waals surface area (Å²) in [7, 11) is 0. The van der Waals surface area contributed by atoms with Crippen LogP contribution in [0, 0.1) is 11.8 Å². The van der Waals surface area contributed by atoms with Crippen molar-refractivity contribution in [3.8, 4) is 0 Å². The Morgan fingerprint density at radius 3 is 1.87 bits per heavy atom. The number of anilines is 1. The fourth-order valence-electron chi connectivity index (χ4n) is 5.34. The molecule has 0 aliphatic heterocycles. The van der Waals surface area contributed by atoms with E-state index in [9.17, 15) is 18.0 Å². The third-order valence-electron chi connectivity index (χ3n) is 6.54. The van der Waals surface area contributed by atoms with E-state index in [1.165, 1.54) is 23.3 Å². The minimum atomic E-state index is -4.45. The minimum Gasteiger partial charge on any atom is -0.326 e. The van der Waals surface area contributed by atoms with Crippen molar-refractivity contribution in [3.63, 3.8) is 0 Å². The predicted molar refractivity (Wildman–Crippen MR) is 109 cm³/mol. The molecule has 3 aliphatic carbocycles. The Bertz CT molecular complexity index is 1090. The van der Waals surface area contributed by atoms with Crippen LogP contribution in [0.5, 0.6) is 0 Å². The van der Waals surface area contributed by atoms with Crippen LogP contribution < -0.4 is 5.32 Å². The number of rotatable bonds is 2. The van der Waals surface area contributed by atoms with Gasteiger partial charge in [-0.25, -0.2) is 0 Å². The first-order valence-electron chi connectivity index (χ1n) is 10.0. The lowest BCUT2D eigenvalue weighted by atomic mass is 9.54. The average molecular weight is 407 g/mol. The van der Waals surface area contributed by atoms with Crippen LogP contribution in [0.25, 0.3) is 0 Å². The number of nitrogens with one attached hydrogen (secondary N) is 1. The van der Waals surface area contributed by atoms with Crippen molar-refractivity contribution in [1.82, 2.24) is 0 Å². The van der Waals surface area contributed by atoms with E-state index in [1.807, 2.05) is 24.3 Å². The predicted octanol–water partition coefficient (Wildman–Crippen LogP) is 6.19. The molecule has 0 fully saturated rings. The normalized spacial score (nSPS) is 24.1. The number of benzene rings is 3. The molecule has 2 bridgehead atoms. The summed E-state index contributed by atoms with van der Waals surface area (Å²) in [6.07, 6.45) is -4.45. The van der Waals surface area contributed by atoms with Gasteiger partial charge in [0, 0.05) is 17.5 Å². The van der Waals surface area contributed by atoms with Gasteiger partial charge >= 0.3 is 6.18 Å². The van der Waals surface area contributed by atoms with Crippen LogP contribution in [0.4, 0.5) is 18.9 Å². The van der Waals surface area contributed by atoms with E-state index in [2.05, 4.69) is 36.5 Å². The third kappa shape index (κ3) is 2.83. The van der Waals surface area contributed by atoms with Crippen LogP contribution in [0.3, 0.4) is 0 Å². The first-order valence-corrected chi connectivity index (χ1v) is 10.0. The Kier molecular flexibility index (Phi) is 4.24. The molecular weight excluding hydrogens is 387 g/mol. The van der Waals surface area contributed by atoms with Crippen molar-refractivity contribution >= 4 is 11.6 Å². The molecule has 2 atom stereocenters. The summed E-state index contributed by atoms with van der Waals surface area (Å²) >= 11 is 0. The quantitative estimate of drug-likeness (QED) is 0.539. The van der Waals surface area contributed by atoms with Gasteiger partial charge in [-0.2, -0.15) is 13.2 Å². The molecule has 0 heterocycles. The number of halogens is 3. The summed E-state index contributed by atoms with van der Waals surface area (Å²) in [5.41, 5.74) is 4.18. The highest BCUT2D eigenvalue weighted by atomic mass is 19.4. The molecule has 0 saturated carbocycles. The first-order chi connectivity index (χ1) is 14.4. The van der Waals surface area contributed by atoms with Crippen molar-refractivity contribution in [2.24, 2.45) is 11.8 Å². The molecule has 0 saturated heterocycles. The Morgan fingerprint density at radius 2 is 1.33 bits per heavy atom. The molecule has 2 nitrogen and oxygen atoms in total. The van der Waals surface area contributed by atoms with Crippen molar-refractivity contribution in [3.05, 3.63) is 101 Å². The Balaban J connectivity index is 1.54. The number of hydrogen-bond donors (Lipinski definition) is 1. The van der Waals surface area contributed by atoms with E-state index < -0.39 is 11.7 Å². The number of carbonyl (C=O) groups excluding carboxylic acids is 1. The summed E-state index contributed by atoms with van der Waals surface area (Å²) in [6, 6.07) is 21.2. The molecule has 3 aromatic carbocycles. The lowest BCUT2D eigenvalue weighted by molar-refractivity contribution is -0.137. The van der Waals surface area contributed by atoms with Crippen LogP contribution in [-0.2, 0) is 11.0 Å². The zero-order valence-electron chi connectivity index (χ0n) is 16.3. The summed E-state index contributed by atoms with van der Waals surface area (Å²) < 4.78 is 39.2. The van der Waals surface area contributed by atoms with Gasteiger partial charge in [0.05, 0.1) is 11.5 Å². The second-order valence-corrected chi connectivity index (χ2v) is 8.17. The maximum absolute atomic E-state index is 13.4. The SMILES string of the molecule is C[C@@H]1C2c3ccccc3C(c3ccccc32)[C@@H]1C(=O)Nc1cccc(C(F)(F)F)c1. The smallest absolute Gasteiger partial charge is 0.326 e. The molecule has 5 heteroatoms. The lowest BCUT2D eigenvalue weighted by Gasteiger charge is -2.49. The molecule has 30 heavy (non-hydrogen) atoms. The lowest BCUT2D eigenvalue weighted by Crippen LogP contribution is -2.44. The van der Waals surface area contributed by atoms with Crippen LogP contribution in [0.15, 0.2) is 72.8 Å².